The van der Waals surface area contributed by atoms with Gasteiger partial charge in [-0.05, 0) is 19.3 Å². The lowest BCUT2D eigenvalue weighted by Crippen LogP contribution is -2.16. The quantitative estimate of drug-likeness (QED) is 0.754. The molecule has 0 aliphatic heterocycles. The number of nitrogens with two attached hydrogens (primary N) is 2. The molecule has 0 saturated heterocycles. The fourth-order valence-electron chi connectivity index (χ4n) is 2.59. The molecule has 0 amide bonds. The van der Waals surface area contributed by atoms with Gasteiger partial charge in [0.25, 0.3) is 0 Å². The van der Waals surface area contributed by atoms with Gasteiger partial charge in [0.1, 0.15) is 5.82 Å². The highest BCUT2D eigenvalue weighted by Gasteiger charge is 2.22. The van der Waals surface area contributed by atoms with Crippen LogP contribution >= 0.6 is 0 Å². The van der Waals surface area contributed by atoms with Gasteiger partial charge in [0.15, 0.2) is 5.82 Å². The van der Waals surface area contributed by atoms with Gasteiger partial charge in [-0.3, -0.25) is 4.79 Å². The minimum atomic E-state index is -0.848. The fraction of sp³-hybridized carbons (Fsp3) is 0.667. The van der Waals surface area contributed by atoms with Gasteiger partial charge >= 0.3 is 5.97 Å². The molecular formula is C12H20N4O2. The summed E-state index contributed by atoms with van der Waals surface area (Å²) in [7, 11) is 0. The third-order valence-corrected chi connectivity index (χ3v) is 3.59. The van der Waals surface area contributed by atoms with Crippen LogP contribution in [0.2, 0.25) is 0 Å². The fourth-order valence-corrected chi connectivity index (χ4v) is 2.59. The van der Waals surface area contributed by atoms with Gasteiger partial charge in [-0.15, -0.1) is 0 Å². The molecule has 1 aromatic heterocycles. The van der Waals surface area contributed by atoms with E-state index in [-0.39, 0.29) is 6.42 Å². The number of aliphatic carboxylic acids is 1. The Morgan fingerprint density at radius 2 is 2.00 bits per heavy atom. The van der Waals surface area contributed by atoms with Crippen LogP contribution in [0.4, 0.5) is 11.6 Å². The first-order valence-electron chi connectivity index (χ1n) is 6.43. The third-order valence-electron chi connectivity index (χ3n) is 3.59. The highest BCUT2D eigenvalue weighted by molar-refractivity contribution is 5.68. The zero-order valence-corrected chi connectivity index (χ0v) is 10.4. The molecule has 6 nitrogen and oxygen atoms in total. The number of aromatic nitrogens is 2. The van der Waals surface area contributed by atoms with Crippen molar-refractivity contribution in [2.45, 2.75) is 51.0 Å². The normalized spacial score (nSPS) is 16.9. The summed E-state index contributed by atoms with van der Waals surface area (Å²) in [6, 6.07) is 0.319. The van der Waals surface area contributed by atoms with Crippen LogP contribution in [0.25, 0.3) is 0 Å². The monoisotopic (exact) mass is 252 g/mol. The van der Waals surface area contributed by atoms with Crippen molar-refractivity contribution < 1.29 is 9.90 Å². The maximum Gasteiger partial charge on any atom is 0.303 e. The van der Waals surface area contributed by atoms with Crippen molar-refractivity contribution in [2.75, 3.05) is 11.5 Å². The SMILES string of the molecule is Nc1nn(C2CCCCC2)c(N)c1CCC(=O)O. The summed E-state index contributed by atoms with van der Waals surface area (Å²) >= 11 is 0. The zero-order chi connectivity index (χ0) is 13.1. The largest absolute Gasteiger partial charge is 0.481 e. The van der Waals surface area contributed by atoms with E-state index in [2.05, 4.69) is 5.10 Å². The molecule has 5 N–H and O–H groups in total. The Hall–Kier alpha value is -1.72. The van der Waals surface area contributed by atoms with Crippen molar-refractivity contribution >= 4 is 17.6 Å². The Balaban J connectivity index is 2.16. The predicted molar refractivity (Wildman–Crippen MR) is 69.1 cm³/mol. The van der Waals surface area contributed by atoms with E-state index in [0.717, 1.165) is 12.8 Å². The summed E-state index contributed by atoms with van der Waals surface area (Å²) in [5.74, 6) is 0.0687. The molecule has 1 saturated carbocycles. The first kappa shape index (κ1) is 12.7. The van der Waals surface area contributed by atoms with Gasteiger partial charge in [-0.25, -0.2) is 4.68 Å². The van der Waals surface area contributed by atoms with Crippen molar-refractivity contribution in [3.8, 4) is 0 Å². The van der Waals surface area contributed by atoms with Gasteiger partial charge < -0.3 is 16.6 Å². The van der Waals surface area contributed by atoms with E-state index in [1.54, 1.807) is 4.68 Å². The Morgan fingerprint density at radius 1 is 1.33 bits per heavy atom. The molecule has 0 aromatic carbocycles. The van der Waals surface area contributed by atoms with Gasteiger partial charge in [0, 0.05) is 12.0 Å². The lowest BCUT2D eigenvalue weighted by Gasteiger charge is -2.22. The molecule has 0 atom stereocenters. The van der Waals surface area contributed by atoms with Crippen molar-refractivity contribution in [1.29, 1.82) is 0 Å². The minimum absolute atomic E-state index is 0.0325. The first-order valence-corrected chi connectivity index (χ1v) is 6.43. The number of anilines is 2. The summed E-state index contributed by atoms with van der Waals surface area (Å²) in [6.45, 7) is 0. The molecule has 0 spiro atoms. The number of hydrogen-bond acceptors (Lipinski definition) is 4. The lowest BCUT2D eigenvalue weighted by atomic mass is 9.95. The standard InChI is InChI=1S/C12H20N4O2/c13-11-9(6-7-10(17)18)12(14)16(15-11)8-4-2-1-3-5-8/h8H,1-7,14H2,(H2,13,15)(H,17,18). The van der Waals surface area contributed by atoms with Crippen LogP contribution in [0.15, 0.2) is 0 Å². The molecule has 0 bridgehead atoms. The third kappa shape index (κ3) is 2.57. The average Bonchev–Trinajstić information content (AvgIpc) is 2.63. The molecule has 100 valence electrons. The molecule has 0 radical (unpaired) electrons. The van der Waals surface area contributed by atoms with E-state index < -0.39 is 5.97 Å². The Kier molecular flexibility index (Phi) is 3.74. The van der Waals surface area contributed by atoms with Crippen molar-refractivity contribution in [3.05, 3.63) is 5.56 Å². The van der Waals surface area contributed by atoms with Crippen LogP contribution in [0.3, 0.4) is 0 Å². The number of carboxylic acid groups (broad SMARTS) is 1. The van der Waals surface area contributed by atoms with E-state index in [0.29, 0.717) is 29.7 Å². The van der Waals surface area contributed by atoms with E-state index in [4.69, 9.17) is 16.6 Å². The first-order chi connectivity index (χ1) is 8.59. The molecule has 2 rings (SSSR count). The summed E-state index contributed by atoms with van der Waals surface area (Å²) in [4.78, 5) is 10.6. The number of carbonyl (C=O) groups is 1. The van der Waals surface area contributed by atoms with Crippen LogP contribution in [-0.4, -0.2) is 20.9 Å². The molecule has 18 heavy (non-hydrogen) atoms. The van der Waals surface area contributed by atoms with Crippen molar-refractivity contribution in [3.63, 3.8) is 0 Å². The molecule has 1 heterocycles. The van der Waals surface area contributed by atoms with E-state index in [1.165, 1.54) is 19.3 Å². The maximum atomic E-state index is 10.6. The second-order valence-electron chi connectivity index (χ2n) is 4.88. The number of carboxylic acids is 1. The second-order valence-corrected chi connectivity index (χ2v) is 4.88. The highest BCUT2D eigenvalue weighted by Crippen LogP contribution is 2.32. The molecule has 6 heteroatoms. The molecule has 1 aliphatic rings. The van der Waals surface area contributed by atoms with Crippen LogP contribution in [0.1, 0.15) is 50.1 Å². The number of nitrogens with zero attached hydrogens (tertiary/aromatic N) is 2. The number of hydrogen-bond donors (Lipinski definition) is 3. The molecular weight excluding hydrogens is 232 g/mol. The maximum absolute atomic E-state index is 10.6. The van der Waals surface area contributed by atoms with Gasteiger partial charge in [-0.2, -0.15) is 5.10 Å². The number of rotatable bonds is 4. The second kappa shape index (κ2) is 5.29. The van der Waals surface area contributed by atoms with Crippen LogP contribution in [0.5, 0.6) is 0 Å². The Labute approximate surface area is 106 Å². The summed E-state index contributed by atoms with van der Waals surface area (Å²) in [5.41, 5.74) is 12.6. The number of nitrogen functional groups attached to an aromatic ring is 2. The zero-order valence-electron chi connectivity index (χ0n) is 10.4. The summed E-state index contributed by atoms with van der Waals surface area (Å²) in [5, 5.41) is 13.0. The van der Waals surface area contributed by atoms with Crippen molar-refractivity contribution in [1.82, 2.24) is 9.78 Å². The van der Waals surface area contributed by atoms with Gasteiger partial charge in [-0.1, -0.05) is 19.3 Å². The molecule has 1 aliphatic carbocycles. The highest BCUT2D eigenvalue weighted by atomic mass is 16.4. The van der Waals surface area contributed by atoms with Crippen LogP contribution in [-0.2, 0) is 11.2 Å². The van der Waals surface area contributed by atoms with E-state index in [1.807, 2.05) is 0 Å². The Morgan fingerprint density at radius 3 is 2.61 bits per heavy atom. The van der Waals surface area contributed by atoms with Crippen molar-refractivity contribution in [2.24, 2.45) is 0 Å². The average molecular weight is 252 g/mol. The summed E-state index contributed by atoms with van der Waals surface area (Å²) < 4.78 is 1.80. The molecule has 1 fully saturated rings. The summed E-state index contributed by atoms with van der Waals surface area (Å²) in [6.07, 6.45) is 6.17. The predicted octanol–water partition coefficient (Wildman–Crippen LogP) is 1.57. The topological polar surface area (TPSA) is 107 Å². The minimum Gasteiger partial charge on any atom is -0.481 e. The van der Waals surface area contributed by atoms with E-state index >= 15 is 0 Å². The van der Waals surface area contributed by atoms with Crippen LogP contribution < -0.4 is 11.5 Å². The van der Waals surface area contributed by atoms with Gasteiger partial charge in [0.05, 0.1) is 6.04 Å². The van der Waals surface area contributed by atoms with Crippen LogP contribution in [0, 0.1) is 0 Å². The Bertz CT molecular complexity index is 436. The lowest BCUT2D eigenvalue weighted by molar-refractivity contribution is -0.136. The van der Waals surface area contributed by atoms with E-state index in [9.17, 15) is 4.79 Å². The smallest absolute Gasteiger partial charge is 0.303 e. The molecule has 0 unspecified atom stereocenters. The molecule has 1 aromatic rings. The van der Waals surface area contributed by atoms with Gasteiger partial charge in [0.2, 0.25) is 0 Å².